The lowest BCUT2D eigenvalue weighted by atomic mass is 10.2. The molecule has 4 heteroatoms. The van der Waals surface area contributed by atoms with Gasteiger partial charge in [0.2, 0.25) is 0 Å². The van der Waals surface area contributed by atoms with Gasteiger partial charge >= 0.3 is 0 Å². The summed E-state index contributed by atoms with van der Waals surface area (Å²) in [6.45, 7) is 16.2. The van der Waals surface area contributed by atoms with Crippen LogP contribution in [0.3, 0.4) is 0 Å². The van der Waals surface area contributed by atoms with Crippen LogP contribution in [0.2, 0.25) is 0 Å². The Labute approximate surface area is 126 Å². The molecule has 0 saturated carbocycles. The Bertz CT molecular complexity index is 191. The Hall–Kier alpha value is -0.160. The van der Waals surface area contributed by atoms with Crippen molar-refractivity contribution >= 4 is 0 Å². The highest BCUT2D eigenvalue weighted by molar-refractivity contribution is 4.71. The van der Waals surface area contributed by atoms with E-state index in [1.807, 2.05) is 13.8 Å². The van der Waals surface area contributed by atoms with Crippen LogP contribution in [0.15, 0.2) is 0 Å². The Morgan fingerprint density at radius 3 is 2.75 bits per heavy atom. The summed E-state index contributed by atoms with van der Waals surface area (Å²) in [4.78, 5) is 2.50. The molecule has 1 rings (SSSR count). The van der Waals surface area contributed by atoms with E-state index in [1.165, 1.54) is 19.4 Å². The topological polar surface area (TPSA) is 33.7 Å². The van der Waals surface area contributed by atoms with Gasteiger partial charge in [-0.1, -0.05) is 34.1 Å². The third-order valence-corrected chi connectivity index (χ3v) is 3.25. The van der Waals surface area contributed by atoms with E-state index in [4.69, 9.17) is 9.47 Å². The normalized spacial score (nSPS) is 19.5. The quantitative estimate of drug-likeness (QED) is 0.626. The second-order valence-electron chi connectivity index (χ2n) is 4.93. The van der Waals surface area contributed by atoms with E-state index in [2.05, 4.69) is 24.1 Å². The van der Waals surface area contributed by atoms with E-state index in [0.29, 0.717) is 0 Å². The zero-order valence-electron chi connectivity index (χ0n) is 14.1. The molecule has 1 atom stereocenters. The molecular formula is C16H36N2O2. The minimum absolute atomic E-state index is 0.273. The second kappa shape index (κ2) is 15.2. The van der Waals surface area contributed by atoms with Gasteiger partial charge in [0.25, 0.3) is 0 Å². The predicted molar refractivity (Wildman–Crippen MR) is 86.4 cm³/mol. The summed E-state index contributed by atoms with van der Waals surface area (Å²) in [6.07, 6.45) is 3.91. The van der Waals surface area contributed by atoms with Gasteiger partial charge in [0.15, 0.2) is 0 Å². The van der Waals surface area contributed by atoms with E-state index in [0.717, 1.165) is 52.4 Å². The van der Waals surface area contributed by atoms with Crippen molar-refractivity contribution in [3.63, 3.8) is 0 Å². The zero-order valence-corrected chi connectivity index (χ0v) is 14.1. The Morgan fingerprint density at radius 2 is 2.05 bits per heavy atom. The van der Waals surface area contributed by atoms with E-state index in [-0.39, 0.29) is 6.10 Å². The van der Waals surface area contributed by atoms with Crippen molar-refractivity contribution < 1.29 is 9.47 Å². The molecule has 0 radical (unpaired) electrons. The first-order valence-corrected chi connectivity index (χ1v) is 8.49. The molecule has 4 nitrogen and oxygen atoms in total. The molecule has 0 spiro atoms. The maximum absolute atomic E-state index is 5.73. The fraction of sp³-hybridized carbons (Fsp3) is 1.00. The van der Waals surface area contributed by atoms with Crippen LogP contribution >= 0.6 is 0 Å². The monoisotopic (exact) mass is 288 g/mol. The SMILES string of the molecule is CC.CCCCN1CCOC(COCCCNCC)C1. The third-order valence-electron chi connectivity index (χ3n) is 3.25. The van der Waals surface area contributed by atoms with Crippen molar-refractivity contribution in [3.8, 4) is 0 Å². The molecule has 1 unspecified atom stereocenters. The first-order valence-electron chi connectivity index (χ1n) is 8.49. The van der Waals surface area contributed by atoms with Crippen molar-refractivity contribution in [3.05, 3.63) is 0 Å². The van der Waals surface area contributed by atoms with Crippen LogP contribution in [0.4, 0.5) is 0 Å². The fourth-order valence-electron chi connectivity index (χ4n) is 2.16. The van der Waals surface area contributed by atoms with Gasteiger partial charge in [0.1, 0.15) is 0 Å². The van der Waals surface area contributed by atoms with Gasteiger partial charge in [0, 0.05) is 19.7 Å². The smallest absolute Gasteiger partial charge is 0.0935 e. The van der Waals surface area contributed by atoms with E-state index >= 15 is 0 Å². The standard InChI is InChI=1S/C14H30N2O2.C2H6/c1-3-5-8-16-9-11-18-14(12-16)13-17-10-6-7-15-4-2;1-2/h14-15H,3-13H2,1-2H3;1-2H3. The zero-order chi connectivity index (χ0) is 15.1. The molecule has 122 valence electrons. The second-order valence-corrected chi connectivity index (χ2v) is 4.93. The van der Waals surface area contributed by atoms with Crippen LogP contribution in [0, 0.1) is 0 Å². The first kappa shape index (κ1) is 19.8. The lowest BCUT2D eigenvalue weighted by Crippen LogP contribution is -2.44. The minimum Gasteiger partial charge on any atom is -0.379 e. The summed E-state index contributed by atoms with van der Waals surface area (Å²) < 4.78 is 11.4. The van der Waals surface area contributed by atoms with Gasteiger partial charge in [-0.05, 0) is 32.5 Å². The number of hydrogen-bond donors (Lipinski definition) is 1. The molecule has 0 aromatic rings. The van der Waals surface area contributed by atoms with Crippen LogP contribution in [0.5, 0.6) is 0 Å². The predicted octanol–water partition coefficient (Wildman–Crippen LogP) is 2.53. The molecule has 1 aliphatic heterocycles. The molecular weight excluding hydrogens is 252 g/mol. The number of ether oxygens (including phenoxy) is 2. The molecule has 1 fully saturated rings. The number of nitrogens with one attached hydrogen (secondary N) is 1. The van der Waals surface area contributed by atoms with E-state index < -0.39 is 0 Å². The largest absolute Gasteiger partial charge is 0.379 e. The molecule has 0 aromatic carbocycles. The molecule has 0 aliphatic carbocycles. The van der Waals surface area contributed by atoms with E-state index in [1.54, 1.807) is 0 Å². The lowest BCUT2D eigenvalue weighted by Gasteiger charge is -2.32. The van der Waals surface area contributed by atoms with Gasteiger partial charge in [-0.25, -0.2) is 0 Å². The van der Waals surface area contributed by atoms with Crippen molar-refractivity contribution in [2.75, 3.05) is 52.5 Å². The number of hydrogen-bond acceptors (Lipinski definition) is 4. The average molecular weight is 288 g/mol. The van der Waals surface area contributed by atoms with Gasteiger partial charge in [-0.3, -0.25) is 4.90 Å². The molecule has 1 saturated heterocycles. The summed E-state index contributed by atoms with van der Waals surface area (Å²) in [5.74, 6) is 0. The summed E-state index contributed by atoms with van der Waals surface area (Å²) in [5, 5.41) is 3.30. The lowest BCUT2D eigenvalue weighted by molar-refractivity contribution is -0.0693. The highest BCUT2D eigenvalue weighted by Crippen LogP contribution is 2.07. The summed E-state index contributed by atoms with van der Waals surface area (Å²) in [7, 11) is 0. The van der Waals surface area contributed by atoms with Crippen LogP contribution < -0.4 is 5.32 Å². The van der Waals surface area contributed by atoms with Crippen molar-refractivity contribution in [1.82, 2.24) is 10.2 Å². The van der Waals surface area contributed by atoms with E-state index in [9.17, 15) is 0 Å². The molecule has 1 N–H and O–H groups in total. The number of rotatable bonds is 10. The summed E-state index contributed by atoms with van der Waals surface area (Å²) >= 11 is 0. The van der Waals surface area contributed by atoms with Gasteiger partial charge in [-0.2, -0.15) is 0 Å². The molecule has 1 heterocycles. The van der Waals surface area contributed by atoms with Crippen LogP contribution in [-0.4, -0.2) is 63.5 Å². The first-order chi connectivity index (χ1) is 9.86. The van der Waals surface area contributed by atoms with Crippen LogP contribution in [0.1, 0.15) is 47.0 Å². The highest BCUT2D eigenvalue weighted by atomic mass is 16.5. The fourth-order valence-corrected chi connectivity index (χ4v) is 2.16. The molecule has 0 amide bonds. The van der Waals surface area contributed by atoms with Crippen molar-refractivity contribution in [2.24, 2.45) is 0 Å². The number of morpholine rings is 1. The Kier molecular flexibility index (Phi) is 15.1. The third kappa shape index (κ3) is 10.6. The van der Waals surface area contributed by atoms with Gasteiger partial charge < -0.3 is 14.8 Å². The summed E-state index contributed by atoms with van der Waals surface area (Å²) in [6, 6.07) is 0. The summed E-state index contributed by atoms with van der Waals surface area (Å²) in [5.41, 5.74) is 0. The maximum atomic E-state index is 5.73. The molecule has 1 aliphatic rings. The minimum atomic E-state index is 0.273. The molecule has 0 aromatic heterocycles. The van der Waals surface area contributed by atoms with Crippen molar-refractivity contribution in [2.45, 2.75) is 53.1 Å². The maximum Gasteiger partial charge on any atom is 0.0935 e. The Morgan fingerprint density at radius 1 is 1.25 bits per heavy atom. The molecule has 0 bridgehead atoms. The van der Waals surface area contributed by atoms with Crippen LogP contribution in [0.25, 0.3) is 0 Å². The van der Waals surface area contributed by atoms with Crippen LogP contribution in [-0.2, 0) is 9.47 Å². The highest BCUT2D eigenvalue weighted by Gasteiger charge is 2.19. The van der Waals surface area contributed by atoms with Gasteiger partial charge in [0.05, 0.1) is 19.3 Å². The van der Waals surface area contributed by atoms with Gasteiger partial charge in [-0.15, -0.1) is 0 Å². The van der Waals surface area contributed by atoms with Crippen molar-refractivity contribution in [1.29, 1.82) is 0 Å². The average Bonchev–Trinajstić information content (AvgIpc) is 2.51. The Balaban J connectivity index is 0.00000172. The number of nitrogens with zero attached hydrogens (tertiary/aromatic N) is 1. The molecule has 20 heavy (non-hydrogen) atoms. The number of unbranched alkanes of at least 4 members (excludes halogenated alkanes) is 1.